The summed E-state index contributed by atoms with van der Waals surface area (Å²) in [4.78, 5) is 33.2. The normalized spacial score (nSPS) is 14.4. The molecule has 29 heavy (non-hydrogen) atoms. The molecule has 4 rings (SSSR count). The summed E-state index contributed by atoms with van der Waals surface area (Å²) in [5.41, 5.74) is 0.752. The van der Waals surface area contributed by atoms with Crippen molar-refractivity contribution in [2.24, 2.45) is 0 Å². The Morgan fingerprint density at radius 3 is 2.83 bits per heavy atom. The van der Waals surface area contributed by atoms with Gasteiger partial charge in [-0.05, 0) is 26.7 Å². The Balaban J connectivity index is 1.44. The van der Waals surface area contributed by atoms with Gasteiger partial charge in [-0.15, -0.1) is 0 Å². The van der Waals surface area contributed by atoms with Crippen LogP contribution in [0.5, 0.6) is 0 Å². The van der Waals surface area contributed by atoms with Crippen LogP contribution in [0, 0.1) is 13.8 Å². The van der Waals surface area contributed by atoms with E-state index in [1.165, 1.54) is 29.9 Å². The van der Waals surface area contributed by atoms with Crippen LogP contribution in [0.15, 0.2) is 27.9 Å². The maximum absolute atomic E-state index is 12.6. The molecule has 1 fully saturated rings. The highest BCUT2D eigenvalue weighted by atomic mass is 16.5. The Labute approximate surface area is 167 Å². The molecule has 0 atom stereocenters. The lowest BCUT2D eigenvalue weighted by molar-refractivity contribution is -0.116. The Bertz CT molecular complexity index is 1080. The second-order valence-electron chi connectivity index (χ2n) is 7.30. The molecule has 1 saturated carbocycles. The van der Waals surface area contributed by atoms with Gasteiger partial charge in [-0.1, -0.05) is 18.0 Å². The number of rotatable bonds is 6. The number of carbonyl (C=O) groups excluding carboxylic acids is 1. The Morgan fingerprint density at radius 1 is 1.31 bits per heavy atom. The van der Waals surface area contributed by atoms with Crippen molar-refractivity contribution >= 4 is 11.7 Å². The first-order valence-electron chi connectivity index (χ1n) is 9.72. The molecular weight excluding hydrogens is 374 g/mol. The van der Waals surface area contributed by atoms with Gasteiger partial charge in [0.15, 0.2) is 5.82 Å². The van der Waals surface area contributed by atoms with Crippen LogP contribution >= 0.6 is 0 Å². The minimum atomic E-state index is -0.330. The van der Waals surface area contributed by atoms with Crippen LogP contribution in [0.1, 0.15) is 49.7 Å². The second kappa shape index (κ2) is 7.98. The zero-order chi connectivity index (χ0) is 20.4. The minimum absolute atomic E-state index is 0.120. The number of nitrogens with one attached hydrogen (secondary N) is 1. The molecule has 0 aliphatic heterocycles. The molecule has 3 aromatic rings. The molecule has 1 aliphatic rings. The largest absolute Gasteiger partial charge is 0.334 e. The van der Waals surface area contributed by atoms with E-state index < -0.39 is 0 Å². The minimum Gasteiger partial charge on any atom is -0.334 e. The molecule has 0 bridgehead atoms. The topological polar surface area (TPSA) is 121 Å². The first-order chi connectivity index (χ1) is 14.0. The third-order valence-corrected chi connectivity index (χ3v) is 5.03. The van der Waals surface area contributed by atoms with Crippen LogP contribution < -0.4 is 10.9 Å². The molecule has 1 aliphatic carbocycles. The first kappa shape index (κ1) is 19.0. The zero-order valence-corrected chi connectivity index (χ0v) is 16.5. The summed E-state index contributed by atoms with van der Waals surface area (Å²) in [6.45, 7) is 3.77. The van der Waals surface area contributed by atoms with Crippen LogP contribution in [-0.4, -0.2) is 35.4 Å². The van der Waals surface area contributed by atoms with Gasteiger partial charge in [0.1, 0.15) is 11.4 Å². The van der Waals surface area contributed by atoms with Crippen molar-refractivity contribution in [3.63, 3.8) is 0 Å². The summed E-state index contributed by atoms with van der Waals surface area (Å²) in [5, 5.41) is 11.2. The zero-order valence-electron chi connectivity index (χ0n) is 16.5. The van der Waals surface area contributed by atoms with Gasteiger partial charge in [-0.25, -0.2) is 9.67 Å². The maximum Gasteiger partial charge on any atom is 0.266 e. The lowest BCUT2D eigenvalue weighted by atomic mass is 10.2. The third kappa shape index (κ3) is 4.10. The lowest BCUT2D eigenvalue weighted by Gasteiger charge is -2.14. The van der Waals surface area contributed by atoms with Crippen molar-refractivity contribution in [1.82, 2.24) is 29.5 Å². The summed E-state index contributed by atoms with van der Waals surface area (Å²) >= 11 is 0. The van der Waals surface area contributed by atoms with Gasteiger partial charge < -0.3 is 9.84 Å². The van der Waals surface area contributed by atoms with Crippen molar-refractivity contribution in [2.75, 3.05) is 5.32 Å². The molecule has 3 aromatic heterocycles. The summed E-state index contributed by atoms with van der Waals surface area (Å²) in [5.74, 6) is 1.08. The van der Waals surface area contributed by atoms with E-state index in [1.807, 2.05) is 17.7 Å². The maximum atomic E-state index is 12.6. The Morgan fingerprint density at radius 2 is 2.10 bits per heavy atom. The number of aromatic nitrogens is 6. The van der Waals surface area contributed by atoms with Gasteiger partial charge in [-0.3, -0.25) is 14.2 Å². The lowest BCUT2D eigenvalue weighted by Crippen LogP contribution is -2.25. The quantitative estimate of drug-likeness (QED) is 0.677. The van der Waals surface area contributed by atoms with Gasteiger partial charge >= 0.3 is 0 Å². The van der Waals surface area contributed by atoms with E-state index in [0.717, 1.165) is 18.5 Å². The highest BCUT2D eigenvalue weighted by Gasteiger charge is 2.21. The molecule has 10 nitrogen and oxygen atoms in total. The van der Waals surface area contributed by atoms with Gasteiger partial charge in [-0.2, -0.15) is 10.1 Å². The Hall–Kier alpha value is -3.30. The third-order valence-electron chi connectivity index (χ3n) is 5.03. The number of hydrogen-bond acceptors (Lipinski definition) is 7. The van der Waals surface area contributed by atoms with E-state index in [9.17, 15) is 9.59 Å². The van der Waals surface area contributed by atoms with Crippen LogP contribution in [-0.2, 0) is 11.3 Å². The molecule has 3 heterocycles. The SMILES string of the molecule is Cc1cc(NC(=O)CCn2cncc(-c3nc(C)no3)c2=O)n(C2CCCC2)n1. The highest BCUT2D eigenvalue weighted by Crippen LogP contribution is 2.31. The summed E-state index contributed by atoms with van der Waals surface area (Å²) in [7, 11) is 0. The van der Waals surface area contributed by atoms with Crippen molar-refractivity contribution in [1.29, 1.82) is 0 Å². The second-order valence-corrected chi connectivity index (χ2v) is 7.30. The van der Waals surface area contributed by atoms with Gasteiger partial charge in [0, 0.05) is 25.2 Å². The molecule has 1 amide bonds. The monoisotopic (exact) mass is 397 g/mol. The van der Waals surface area contributed by atoms with E-state index in [2.05, 4.69) is 25.5 Å². The summed E-state index contributed by atoms with van der Waals surface area (Å²) in [6.07, 6.45) is 7.43. The molecule has 0 aromatic carbocycles. The molecule has 152 valence electrons. The summed E-state index contributed by atoms with van der Waals surface area (Å²) < 4.78 is 8.34. The average Bonchev–Trinajstić information content (AvgIpc) is 3.42. The molecule has 0 radical (unpaired) electrons. The fourth-order valence-corrected chi connectivity index (χ4v) is 3.63. The predicted octanol–water partition coefficient (Wildman–Crippen LogP) is 2.25. The van der Waals surface area contributed by atoms with Gasteiger partial charge in [0.05, 0.1) is 18.1 Å². The van der Waals surface area contributed by atoms with Crippen LogP contribution in [0.3, 0.4) is 0 Å². The van der Waals surface area contributed by atoms with Gasteiger partial charge in [0.25, 0.3) is 11.4 Å². The van der Waals surface area contributed by atoms with Crippen molar-refractivity contribution < 1.29 is 9.32 Å². The highest BCUT2D eigenvalue weighted by molar-refractivity contribution is 5.89. The van der Waals surface area contributed by atoms with E-state index in [0.29, 0.717) is 17.7 Å². The van der Waals surface area contributed by atoms with Crippen molar-refractivity contribution in [3.8, 4) is 11.5 Å². The summed E-state index contributed by atoms with van der Waals surface area (Å²) in [6, 6.07) is 2.21. The number of nitrogens with zero attached hydrogens (tertiary/aromatic N) is 6. The Kier molecular flexibility index (Phi) is 5.24. The number of aryl methyl sites for hydroxylation is 3. The van der Waals surface area contributed by atoms with Crippen LogP contribution in [0.4, 0.5) is 5.82 Å². The van der Waals surface area contributed by atoms with Gasteiger partial charge in [0.2, 0.25) is 5.91 Å². The number of hydrogen-bond donors (Lipinski definition) is 1. The van der Waals surface area contributed by atoms with Crippen molar-refractivity contribution in [2.45, 2.75) is 58.5 Å². The smallest absolute Gasteiger partial charge is 0.266 e. The molecule has 0 unspecified atom stereocenters. The standard InChI is InChI=1S/C19H23N7O3/c1-12-9-16(26(23-12)14-5-3-4-6-14)22-17(27)7-8-25-11-20-10-15(19(25)28)18-21-13(2)24-29-18/h9-11,14H,3-8H2,1-2H3,(H,22,27). The fraction of sp³-hybridized carbons (Fsp3) is 0.474. The fourth-order valence-electron chi connectivity index (χ4n) is 3.63. The molecular formula is C19H23N7O3. The molecule has 0 spiro atoms. The van der Waals surface area contributed by atoms with E-state index >= 15 is 0 Å². The predicted molar refractivity (Wildman–Crippen MR) is 104 cm³/mol. The number of anilines is 1. The van der Waals surface area contributed by atoms with E-state index in [1.54, 1.807) is 6.92 Å². The molecule has 0 saturated heterocycles. The molecule has 1 N–H and O–H groups in total. The number of amides is 1. The molecule has 10 heteroatoms. The van der Waals surface area contributed by atoms with E-state index in [4.69, 9.17) is 4.52 Å². The number of carbonyl (C=O) groups is 1. The average molecular weight is 397 g/mol. The van der Waals surface area contributed by atoms with Crippen LogP contribution in [0.25, 0.3) is 11.5 Å². The van der Waals surface area contributed by atoms with Crippen molar-refractivity contribution in [3.05, 3.63) is 40.5 Å². The van der Waals surface area contributed by atoms with Crippen LogP contribution in [0.2, 0.25) is 0 Å². The first-order valence-corrected chi connectivity index (χ1v) is 9.72. The van der Waals surface area contributed by atoms with E-state index in [-0.39, 0.29) is 35.9 Å².